The van der Waals surface area contributed by atoms with Crippen LogP contribution in [0.15, 0.2) is 72.8 Å². The summed E-state index contributed by atoms with van der Waals surface area (Å²) in [5.41, 5.74) is 3.65. The molecule has 0 aromatic heterocycles. The number of halogens is 1. The normalized spacial score (nSPS) is 17.2. The van der Waals surface area contributed by atoms with Crippen molar-refractivity contribution in [2.75, 3.05) is 9.80 Å². The molecular weight excluding hydrogens is 513 g/mol. The number of amides is 2. The molecule has 32 heavy (non-hydrogen) atoms. The summed E-state index contributed by atoms with van der Waals surface area (Å²) >= 11 is 2.25. The molecule has 0 radical (unpaired) electrons. The molecule has 160 valence electrons. The van der Waals surface area contributed by atoms with Crippen molar-refractivity contribution in [3.05, 3.63) is 93.1 Å². The minimum atomic E-state index is -0.177. The fraction of sp³-hybridized carbons (Fsp3) is 0.192. The second-order valence-corrected chi connectivity index (χ2v) is 9.13. The van der Waals surface area contributed by atoms with Gasteiger partial charge in [-0.15, -0.1) is 0 Å². The van der Waals surface area contributed by atoms with Crippen molar-refractivity contribution in [1.82, 2.24) is 0 Å². The molecule has 4 rings (SSSR count). The molecule has 0 unspecified atom stereocenters. The number of nitrogens with zero attached hydrogens (tertiary/aromatic N) is 3. The molecule has 1 aliphatic rings. The second-order valence-electron chi connectivity index (χ2n) is 7.89. The minimum absolute atomic E-state index is 0.0370. The fourth-order valence-electron chi connectivity index (χ4n) is 4.34. The van der Waals surface area contributed by atoms with Crippen molar-refractivity contribution >= 4 is 45.8 Å². The van der Waals surface area contributed by atoms with Gasteiger partial charge in [-0.3, -0.25) is 9.59 Å². The van der Waals surface area contributed by atoms with E-state index in [-0.39, 0.29) is 23.9 Å². The predicted molar refractivity (Wildman–Crippen MR) is 134 cm³/mol. The molecule has 0 aliphatic carbocycles. The number of benzene rings is 3. The van der Waals surface area contributed by atoms with Gasteiger partial charge in [0.05, 0.1) is 17.7 Å². The van der Waals surface area contributed by atoms with Crippen LogP contribution in [-0.2, 0) is 4.79 Å². The Balaban J connectivity index is 1.76. The number of rotatable bonds is 3. The van der Waals surface area contributed by atoms with E-state index in [1.807, 2.05) is 60.4 Å². The number of fused-ring (bicyclic) bond motifs is 1. The summed E-state index contributed by atoms with van der Waals surface area (Å²) in [6.07, 6.45) is 0.616. The van der Waals surface area contributed by atoms with Crippen molar-refractivity contribution in [1.29, 1.82) is 5.26 Å². The molecule has 3 aromatic rings. The zero-order valence-electron chi connectivity index (χ0n) is 17.8. The Morgan fingerprint density at radius 1 is 1.03 bits per heavy atom. The molecule has 0 saturated carbocycles. The third-order valence-electron chi connectivity index (χ3n) is 5.80. The van der Waals surface area contributed by atoms with Crippen LogP contribution in [0.1, 0.15) is 47.8 Å². The van der Waals surface area contributed by atoms with Gasteiger partial charge in [-0.25, -0.2) is 0 Å². The van der Waals surface area contributed by atoms with Crippen molar-refractivity contribution < 1.29 is 9.59 Å². The Morgan fingerprint density at radius 3 is 2.31 bits per heavy atom. The van der Waals surface area contributed by atoms with E-state index < -0.39 is 0 Å². The molecule has 0 fully saturated rings. The number of anilines is 2. The average molecular weight is 535 g/mol. The lowest BCUT2D eigenvalue weighted by Gasteiger charge is -2.43. The Hall–Kier alpha value is -3.18. The predicted octanol–water partition coefficient (Wildman–Crippen LogP) is 5.70. The van der Waals surface area contributed by atoms with Crippen LogP contribution >= 0.6 is 22.6 Å². The van der Waals surface area contributed by atoms with Crippen molar-refractivity contribution in [3.8, 4) is 6.07 Å². The van der Waals surface area contributed by atoms with E-state index in [0.717, 1.165) is 20.5 Å². The zero-order chi connectivity index (χ0) is 22.8. The van der Waals surface area contributed by atoms with Crippen LogP contribution < -0.4 is 9.80 Å². The van der Waals surface area contributed by atoms with Crippen molar-refractivity contribution in [2.45, 2.75) is 32.4 Å². The first-order chi connectivity index (χ1) is 15.4. The summed E-state index contributed by atoms with van der Waals surface area (Å²) in [5, 5.41) is 9.05. The molecule has 1 aliphatic heterocycles. The Morgan fingerprint density at radius 2 is 1.69 bits per heavy atom. The Kier molecular flexibility index (Phi) is 6.28. The van der Waals surface area contributed by atoms with Gasteiger partial charge >= 0.3 is 0 Å². The van der Waals surface area contributed by atoms with Gasteiger partial charge in [0.25, 0.3) is 5.91 Å². The molecule has 0 spiro atoms. The Labute approximate surface area is 201 Å². The summed E-state index contributed by atoms with van der Waals surface area (Å²) in [7, 11) is 0. The SMILES string of the molecule is CC(=O)N(c1ccc(I)cc1)[C@@H]1C[C@H](C)N(C(=O)c2ccc(C#N)cc2)c2ccccc21. The minimum Gasteiger partial charge on any atom is -0.305 e. The van der Waals surface area contributed by atoms with Crippen LogP contribution in [0.5, 0.6) is 0 Å². The molecule has 3 aromatic carbocycles. The summed E-state index contributed by atoms with van der Waals surface area (Å²) in [5.74, 6) is -0.151. The summed E-state index contributed by atoms with van der Waals surface area (Å²) in [6.45, 7) is 3.59. The first kappa shape index (κ1) is 22.0. The largest absolute Gasteiger partial charge is 0.305 e. The highest BCUT2D eigenvalue weighted by Gasteiger charge is 2.38. The monoisotopic (exact) mass is 535 g/mol. The van der Waals surface area contributed by atoms with Gasteiger partial charge in [0.15, 0.2) is 0 Å². The van der Waals surface area contributed by atoms with E-state index in [0.29, 0.717) is 17.5 Å². The summed E-state index contributed by atoms with van der Waals surface area (Å²) < 4.78 is 1.10. The molecule has 0 N–H and O–H groups in total. The lowest BCUT2D eigenvalue weighted by atomic mass is 9.89. The van der Waals surface area contributed by atoms with E-state index >= 15 is 0 Å². The van der Waals surface area contributed by atoms with E-state index in [9.17, 15) is 9.59 Å². The number of para-hydroxylation sites is 1. The highest BCUT2D eigenvalue weighted by atomic mass is 127. The molecule has 0 saturated heterocycles. The highest BCUT2D eigenvalue weighted by Crippen LogP contribution is 2.42. The zero-order valence-corrected chi connectivity index (χ0v) is 20.0. The van der Waals surface area contributed by atoms with Crippen LogP contribution in [-0.4, -0.2) is 17.9 Å². The lowest BCUT2D eigenvalue weighted by Crippen LogP contribution is -2.47. The number of carbonyl (C=O) groups excluding carboxylic acids is 2. The average Bonchev–Trinajstić information content (AvgIpc) is 2.80. The van der Waals surface area contributed by atoms with Crippen LogP contribution in [0.25, 0.3) is 0 Å². The van der Waals surface area contributed by atoms with Gasteiger partial charge in [0, 0.05) is 33.5 Å². The quantitative estimate of drug-likeness (QED) is 0.405. The van der Waals surface area contributed by atoms with Crippen LogP contribution in [0.2, 0.25) is 0 Å². The van der Waals surface area contributed by atoms with Gasteiger partial charge < -0.3 is 9.80 Å². The van der Waals surface area contributed by atoms with Gasteiger partial charge in [0.2, 0.25) is 5.91 Å². The molecule has 2 atom stereocenters. The van der Waals surface area contributed by atoms with Gasteiger partial charge in [-0.05, 0) is 96.1 Å². The standard InChI is InChI=1S/C26H22IN3O2/c1-17-15-25(30(18(2)31)22-13-11-21(27)12-14-22)23-5-3-4-6-24(23)29(17)26(32)20-9-7-19(16-28)8-10-20/h3-14,17,25H,15H2,1-2H3/t17-,25+/m0/s1. The maximum atomic E-state index is 13.5. The molecule has 2 amide bonds. The van der Waals surface area contributed by atoms with E-state index in [1.165, 1.54) is 0 Å². The van der Waals surface area contributed by atoms with Gasteiger partial charge in [0.1, 0.15) is 0 Å². The third-order valence-corrected chi connectivity index (χ3v) is 6.52. The van der Waals surface area contributed by atoms with E-state index in [1.54, 1.807) is 36.1 Å². The van der Waals surface area contributed by atoms with Crippen LogP contribution in [0.4, 0.5) is 11.4 Å². The first-order valence-electron chi connectivity index (χ1n) is 10.4. The van der Waals surface area contributed by atoms with E-state index in [2.05, 4.69) is 28.7 Å². The number of nitriles is 1. The number of carbonyl (C=O) groups is 2. The maximum Gasteiger partial charge on any atom is 0.258 e. The molecule has 0 bridgehead atoms. The van der Waals surface area contributed by atoms with Crippen molar-refractivity contribution in [3.63, 3.8) is 0 Å². The molecular formula is C26H22IN3O2. The number of hydrogen-bond acceptors (Lipinski definition) is 3. The molecule has 1 heterocycles. The van der Waals surface area contributed by atoms with Crippen LogP contribution in [0.3, 0.4) is 0 Å². The topological polar surface area (TPSA) is 64.4 Å². The number of hydrogen-bond donors (Lipinski definition) is 0. The summed E-state index contributed by atoms with van der Waals surface area (Å²) in [4.78, 5) is 29.8. The fourth-order valence-corrected chi connectivity index (χ4v) is 4.70. The second kappa shape index (κ2) is 9.13. The van der Waals surface area contributed by atoms with Crippen LogP contribution in [0, 0.1) is 14.9 Å². The third kappa shape index (κ3) is 4.13. The maximum absolute atomic E-state index is 13.5. The highest BCUT2D eigenvalue weighted by molar-refractivity contribution is 14.1. The lowest BCUT2D eigenvalue weighted by molar-refractivity contribution is -0.117. The van der Waals surface area contributed by atoms with Gasteiger partial charge in [-0.2, -0.15) is 5.26 Å². The Bertz CT molecular complexity index is 1200. The first-order valence-corrected chi connectivity index (χ1v) is 11.5. The summed E-state index contributed by atoms with van der Waals surface area (Å²) in [6, 6.07) is 24.2. The van der Waals surface area contributed by atoms with E-state index in [4.69, 9.17) is 5.26 Å². The van der Waals surface area contributed by atoms with Gasteiger partial charge in [-0.1, -0.05) is 18.2 Å². The smallest absolute Gasteiger partial charge is 0.258 e. The van der Waals surface area contributed by atoms with Crippen molar-refractivity contribution in [2.24, 2.45) is 0 Å². The molecule has 6 heteroatoms. The molecule has 5 nitrogen and oxygen atoms in total.